The van der Waals surface area contributed by atoms with Crippen LogP contribution in [0.5, 0.6) is 34.5 Å². The van der Waals surface area contributed by atoms with Crippen LogP contribution < -0.4 is 33.7 Å². The monoisotopic (exact) mass is 521 g/mol. The van der Waals surface area contributed by atoms with E-state index in [1.54, 1.807) is 40.4 Å². The van der Waals surface area contributed by atoms with Crippen LogP contribution in [-0.2, 0) is 4.74 Å². The summed E-state index contributed by atoms with van der Waals surface area (Å²) in [6.07, 6.45) is -0.402. The van der Waals surface area contributed by atoms with Crippen molar-refractivity contribution in [1.29, 1.82) is 0 Å². The van der Waals surface area contributed by atoms with Gasteiger partial charge in [0.25, 0.3) is 0 Å². The maximum absolute atomic E-state index is 12.1. The van der Waals surface area contributed by atoms with E-state index in [-0.39, 0.29) is 24.6 Å². The third-order valence-corrected chi connectivity index (χ3v) is 6.85. The van der Waals surface area contributed by atoms with E-state index in [0.717, 1.165) is 16.8 Å². The number of hydrogen-bond donors (Lipinski definition) is 1. The predicted octanol–water partition coefficient (Wildman–Crippen LogP) is 5.22. The van der Waals surface area contributed by atoms with Gasteiger partial charge < -0.3 is 38.5 Å². The maximum atomic E-state index is 12.1. The lowest BCUT2D eigenvalue weighted by atomic mass is 9.78. The highest BCUT2D eigenvalue weighted by Crippen LogP contribution is 2.51. The van der Waals surface area contributed by atoms with Gasteiger partial charge in [0, 0.05) is 29.2 Å². The van der Waals surface area contributed by atoms with Crippen molar-refractivity contribution < 1.29 is 38.0 Å². The van der Waals surface area contributed by atoms with Crippen LogP contribution >= 0.6 is 0 Å². The molecule has 200 valence electrons. The summed E-state index contributed by atoms with van der Waals surface area (Å²) in [6.45, 7) is 4.39. The number of methoxy groups -OCH3 is 3. The van der Waals surface area contributed by atoms with Gasteiger partial charge in [-0.2, -0.15) is 0 Å². The van der Waals surface area contributed by atoms with E-state index in [9.17, 15) is 4.79 Å². The molecule has 0 saturated carbocycles. The van der Waals surface area contributed by atoms with Gasteiger partial charge in [-0.25, -0.2) is 4.79 Å². The molecule has 0 spiro atoms. The average molecular weight is 522 g/mol. The SMILES string of the molecule is CCOC(=O)c1ccc(N[C@H]2Oc3cc4c(cc3[C@@H](c3cc(OC)c(OC)c(OC)c3)[C@H]2C)OCO4)cc1. The minimum absolute atomic E-state index is 0.0459. The molecular weight excluding hydrogens is 490 g/mol. The molecule has 3 aromatic carbocycles. The van der Waals surface area contributed by atoms with E-state index in [4.69, 9.17) is 33.2 Å². The molecule has 3 aromatic rings. The zero-order valence-corrected chi connectivity index (χ0v) is 22.0. The predicted molar refractivity (Wildman–Crippen MR) is 140 cm³/mol. The summed E-state index contributed by atoms with van der Waals surface area (Å²) in [5.74, 6) is 3.16. The Morgan fingerprint density at radius 3 is 2.18 bits per heavy atom. The van der Waals surface area contributed by atoms with E-state index < -0.39 is 6.23 Å². The first kappa shape index (κ1) is 25.4. The van der Waals surface area contributed by atoms with Crippen LogP contribution in [0, 0.1) is 5.92 Å². The molecule has 0 unspecified atom stereocenters. The summed E-state index contributed by atoms with van der Waals surface area (Å²) in [7, 11) is 4.79. The Bertz CT molecular complexity index is 1300. The second-order valence-electron chi connectivity index (χ2n) is 9.02. The third kappa shape index (κ3) is 4.60. The van der Waals surface area contributed by atoms with Gasteiger partial charge in [-0.1, -0.05) is 6.92 Å². The Morgan fingerprint density at radius 1 is 0.921 bits per heavy atom. The number of fused-ring (bicyclic) bond motifs is 2. The lowest BCUT2D eigenvalue weighted by Crippen LogP contribution is -2.40. The fourth-order valence-corrected chi connectivity index (χ4v) is 4.99. The number of carbonyl (C=O) groups excluding carboxylic acids is 1. The molecular formula is C29H31NO8. The second kappa shape index (κ2) is 10.6. The van der Waals surface area contributed by atoms with Crippen molar-refractivity contribution in [3.8, 4) is 34.5 Å². The van der Waals surface area contributed by atoms with Crippen LogP contribution in [0.3, 0.4) is 0 Å². The number of carbonyl (C=O) groups is 1. The topological polar surface area (TPSA) is 93.7 Å². The van der Waals surface area contributed by atoms with Gasteiger partial charge in [-0.05, 0) is 55.0 Å². The summed E-state index contributed by atoms with van der Waals surface area (Å²) in [5, 5.41) is 3.48. The smallest absolute Gasteiger partial charge is 0.338 e. The van der Waals surface area contributed by atoms with Gasteiger partial charge in [0.2, 0.25) is 12.5 Å². The molecule has 2 aliphatic rings. The summed E-state index contributed by atoms with van der Waals surface area (Å²) < 4.78 is 39.7. The number of hydrogen-bond acceptors (Lipinski definition) is 9. The van der Waals surface area contributed by atoms with Gasteiger partial charge in [-0.3, -0.25) is 0 Å². The normalized spacial score (nSPS) is 19.1. The Hall–Kier alpha value is -4.27. The van der Waals surface area contributed by atoms with E-state index >= 15 is 0 Å². The van der Waals surface area contributed by atoms with Crippen molar-refractivity contribution >= 4 is 11.7 Å². The fraction of sp³-hybridized carbons (Fsp3) is 0.345. The number of nitrogens with one attached hydrogen (secondary N) is 1. The second-order valence-corrected chi connectivity index (χ2v) is 9.02. The van der Waals surface area contributed by atoms with Crippen LogP contribution in [0.2, 0.25) is 0 Å². The average Bonchev–Trinajstić information content (AvgIpc) is 3.39. The van der Waals surface area contributed by atoms with Crippen LogP contribution in [0.25, 0.3) is 0 Å². The molecule has 0 fully saturated rings. The lowest BCUT2D eigenvalue weighted by molar-refractivity contribution is 0.0526. The fourth-order valence-electron chi connectivity index (χ4n) is 4.99. The molecule has 2 aliphatic heterocycles. The van der Waals surface area contributed by atoms with Crippen LogP contribution in [0.4, 0.5) is 5.69 Å². The molecule has 9 nitrogen and oxygen atoms in total. The zero-order valence-electron chi connectivity index (χ0n) is 22.0. The molecule has 5 rings (SSSR count). The van der Waals surface area contributed by atoms with Crippen molar-refractivity contribution in [2.45, 2.75) is 26.0 Å². The first-order valence-electron chi connectivity index (χ1n) is 12.4. The lowest BCUT2D eigenvalue weighted by Gasteiger charge is -2.39. The molecule has 0 aromatic heterocycles. The number of esters is 1. The largest absolute Gasteiger partial charge is 0.493 e. The number of ether oxygens (including phenoxy) is 7. The molecule has 0 saturated heterocycles. The Morgan fingerprint density at radius 2 is 1.58 bits per heavy atom. The minimum atomic E-state index is -0.402. The molecule has 38 heavy (non-hydrogen) atoms. The summed E-state index contributed by atoms with van der Waals surface area (Å²) in [5.41, 5.74) is 3.23. The number of benzene rings is 3. The van der Waals surface area contributed by atoms with E-state index in [2.05, 4.69) is 12.2 Å². The molecule has 0 radical (unpaired) electrons. The standard InChI is InChI=1S/C29H31NO8/c1-6-35-29(31)17-7-9-19(10-8-17)30-28-16(2)26(18-11-24(32-3)27(34-5)25(12-18)33-4)20-13-22-23(37-15-36-22)14-21(20)38-28/h7-14,16,26,28,30H,6,15H2,1-5H3/t16-,26-,28+/m1/s1. The van der Waals surface area contributed by atoms with Crippen molar-refractivity contribution in [1.82, 2.24) is 0 Å². The highest BCUT2D eigenvalue weighted by atomic mass is 16.7. The maximum Gasteiger partial charge on any atom is 0.338 e. The first-order chi connectivity index (χ1) is 18.5. The van der Waals surface area contributed by atoms with E-state index in [1.165, 1.54) is 0 Å². The Labute approximate surface area is 221 Å². The van der Waals surface area contributed by atoms with Gasteiger partial charge >= 0.3 is 5.97 Å². The first-order valence-corrected chi connectivity index (χ1v) is 12.4. The number of anilines is 1. The molecule has 9 heteroatoms. The summed E-state index contributed by atoms with van der Waals surface area (Å²) >= 11 is 0. The molecule has 0 bridgehead atoms. The van der Waals surface area contributed by atoms with Crippen LogP contribution in [0.15, 0.2) is 48.5 Å². The van der Waals surface area contributed by atoms with E-state index in [1.807, 2.05) is 36.4 Å². The van der Waals surface area contributed by atoms with Crippen LogP contribution in [-0.4, -0.2) is 46.9 Å². The van der Waals surface area contributed by atoms with Crippen molar-refractivity contribution in [3.63, 3.8) is 0 Å². The van der Waals surface area contributed by atoms with Crippen molar-refractivity contribution in [3.05, 3.63) is 65.2 Å². The molecule has 0 aliphatic carbocycles. The molecule has 0 amide bonds. The minimum Gasteiger partial charge on any atom is -0.493 e. The van der Waals surface area contributed by atoms with Crippen molar-refractivity contribution in [2.75, 3.05) is 40.0 Å². The summed E-state index contributed by atoms with van der Waals surface area (Å²) in [6, 6.07) is 14.9. The quantitative estimate of drug-likeness (QED) is 0.401. The molecule has 2 heterocycles. The van der Waals surface area contributed by atoms with Gasteiger partial charge in [0.1, 0.15) is 5.75 Å². The van der Waals surface area contributed by atoms with E-state index in [0.29, 0.717) is 46.7 Å². The molecule has 1 N–H and O–H groups in total. The van der Waals surface area contributed by atoms with Crippen molar-refractivity contribution in [2.24, 2.45) is 5.92 Å². The van der Waals surface area contributed by atoms with Crippen LogP contribution in [0.1, 0.15) is 41.3 Å². The Kier molecular flexibility index (Phi) is 7.09. The molecule has 3 atom stereocenters. The van der Waals surface area contributed by atoms with Gasteiger partial charge in [-0.15, -0.1) is 0 Å². The highest BCUT2D eigenvalue weighted by molar-refractivity contribution is 5.89. The van der Waals surface area contributed by atoms with Gasteiger partial charge in [0.15, 0.2) is 29.2 Å². The zero-order chi connectivity index (χ0) is 26.8. The number of rotatable bonds is 8. The summed E-state index contributed by atoms with van der Waals surface area (Å²) in [4.78, 5) is 12.1. The third-order valence-electron chi connectivity index (χ3n) is 6.85. The Balaban J connectivity index is 1.54. The highest BCUT2D eigenvalue weighted by Gasteiger charge is 2.39. The van der Waals surface area contributed by atoms with Gasteiger partial charge in [0.05, 0.1) is 33.5 Å².